The molecular formula is C15H24F3N3O3. The Morgan fingerprint density at radius 2 is 1.75 bits per heavy atom. The number of piperazine rings is 1. The Kier molecular flexibility index (Phi) is 6.45. The number of Topliss-reactive ketones (excluding diaryl/α,β-unsaturated/α-hetero) is 1. The van der Waals surface area contributed by atoms with Crippen LogP contribution in [0.2, 0.25) is 0 Å². The lowest BCUT2D eigenvalue weighted by Gasteiger charge is -2.36. The van der Waals surface area contributed by atoms with Crippen LogP contribution < -0.4 is 5.32 Å². The first-order valence-electron chi connectivity index (χ1n) is 8.19. The number of nitrogens with zero attached hydrogens (tertiary/aromatic N) is 2. The Hall–Kier alpha value is -1.35. The first kappa shape index (κ1) is 19.0. The van der Waals surface area contributed by atoms with Crippen LogP contribution in [-0.2, 0) is 9.53 Å². The van der Waals surface area contributed by atoms with Gasteiger partial charge in [0.2, 0.25) is 0 Å². The van der Waals surface area contributed by atoms with Gasteiger partial charge in [0.25, 0.3) is 0 Å². The number of carbonyl (C=O) groups excluding carboxylic acids is 2. The maximum atomic E-state index is 12.4. The Labute approximate surface area is 139 Å². The number of alkyl halides is 3. The van der Waals surface area contributed by atoms with Gasteiger partial charge in [0.15, 0.2) is 5.78 Å². The van der Waals surface area contributed by atoms with Gasteiger partial charge in [-0.15, -0.1) is 0 Å². The molecule has 2 heterocycles. The minimum atomic E-state index is -4.23. The molecule has 6 nitrogen and oxygen atoms in total. The second-order valence-corrected chi connectivity index (χ2v) is 6.37. The average Bonchev–Trinajstić information content (AvgIpc) is 2.52. The van der Waals surface area contributed by atoms with Crippen molar-refractivity contribution >= 4 is 11.8 Å². The highest BCUT2D eigenvalue weighted by atomic mass is 19.4. The van der Waals surface area contributed by atoms with Crippen molar-refractivity contribution in [2.75, 3.05) is 45.9 Å². The van der Waals surface area contributed by atoms with Gasteiger partial charge in [-0.3, -0.25) is 9.69 Å². The van der Waals surface area contributed by atoms with Crippen LogP contribution in [0.1, 0.15) is 19.8 Å². The minimum absolute atomic E-state index is 0.0479. The molecule has 2 amide bonds. The van der Waals surface area contributed by atoms with Gasteiger partial charge >= 0.3 is 12.2 Å². The molecule has 2 saturated heterocycles. The standard InChI is InChI=1S/C15H24F3N3O3/c1-11(22)13(12-2-8-24-9-3-12)19-14(23)21-6-4-20(5-7-21)10-15(16,17)18/h12-13H,2-10H2,1H3,(H,19,23)/t13-/m1/s1. The van der Waals surface area contributed by atoms with E-state index < -0.39 is 18.8 Å². The Balaban J connectivity index is 1.84. The molecule has 0 radical (unpaired) electrons. The highest BCUT2D eigenvalue weighted by molar-refractivity contribution is 5.87. The molecule has 0 saturated carbocycles. The maximum absolute atomic E-state index is 12.4. The zero-order chi connectivity index (χ0) is 17.7. The molecule has 138 valence electrons. The predicted molar refractivity (Wildman–Crippen MR) is 80.6 cm³/mol. The molecule has 2 fully saturated rings. The molecule has 0 aromatic heterocycles. The van der Waals surface area contributed by atoms with E-state index in [1.807, 2.05) is 0 Å². The van der Waals surface area contributed by atoms with Crippen molar-refractivity contribution < 1.29 is 27.5 Å². The lowest BCUT2D eigenvalue weighted by molar-refractivity contribution is -0.148. The lowest BCUT2D eigenvalue weighted by Crippen LogP contribution is -2.56. The fourth-order valence-corrected chi connectivity index (χ4v) is 3.19. The molecule has 0 aromatic rings. The van der Waals surface area contributed by atoms with Crippen LogP contribution in [0.3, 0.4) is 0 Å². The van der Waals surface area contributed by atoms with Gasteiger partial charge in [-0.2, -0.15) is 13.2 Å². The maximum Gasteiger partial charge on any atom is 0.401 e. The zero-order valence-corrected chi connectivity index (χ0v) is 13.8. The third-order valence-electron chi connectivity index (χ3n) is 4.52. The van der Waals surface area contributed by atoms with E-state index in [1.165, 1.54) is 16.7 Å². The SMILES string of the molecule is CC(=O)[C@@H](NC(=O)N1CCN(CC(F)(F)F)CC1)C1CCOCC1. The monoisotopic (exact) mass is 351 g/mol. The number of ketones is 1. The fourth-order valence-electron chi connectivity index (χ4n) is 3.19. The van der Waals surface area contributed by atoms with Crippen LogP contribution in [0.4, 0.5) is 18.0 Å². The molecule has 2 rings (SSSR count). The van der Waals surface area contributed by atoms with E-state index in [0.717, 1.165) is 0 Å². The minimum Gasteiger partial charge on any atom is -0.381 e. The summed E-state index contributed by atoms with van der Waals surface area (Å²) in [4.78, 5) is 27.0. The number of amides is 2. The number of nitrogens with one attached hydrogen (secondary N) is 1. The van der Waals surface area contributed by atoms with Gasteiger partial charge in [0.05, 0.1) is 12.6 Å². The van der Waals surface area contributed by atoms with Gasteiger partial charge in [0.1, 0.15) is 0 Å². The third-order valence-corrected chi connectivity index (χ3v) is 4.52. The van der Waals surface area contributed by atoms with E-state index in [2.05, 4.69) is 5.32 Å². The van der Waals surface area contributed by atoms with E-state index in [1.54, 1.807) is 0 Å². The van der Waals surface area contributed by atoms with E-state index in [4.69, 9.17) is 4.74 Å². The summed E-state index contributed by atoms with van der Waals surface area (Å²) in [7, 11) is 0. The van der Waals surface area contributed by atoms with Crippen LogP contribution in [0, 0.1) is 5.92 Å². The molecular weight excluding hydrogens is 327 g/mol. The Morgan fingerprint density at radius 3 is 2.25 bits per heavy atom. The number of urea groups is 1. The summed E-state index contributed by atoms with van der Waals surface area (Å²) in [6.45, 7) is 2.42. The van der Waals surface area contributed by atoms with E-state index >= 15 is 0 Å². The van der Waals surface area contributed by atoms with E-state index in [9.17, 15) is 22.8 Å². The summed E-state index contributed by atoms with van der Waals surface area (Å²) >= 11 is 0. The third kappa shape index (κ3) is 5.62. The number of hydrogen-bond acceptors (Lipinski definition) is 4. The van der Waals surface area contributed by atoms with Crippen LogP contribution in [-0.4, -0.2) is 79.8 Å². The van der Waals surface area contributed by atoms with Crippen molar-refractivity contribution in [3.05, 3.63) is 0 Å². The van der Waals surface area contributed by atoms with Gasteiger partial charge in [-0.25, -0.2) is 4.79 Å². The molecule has 0 aliphatic carbocycles. The number of hydrogen-bond donors (Lipinski definition) is 1. The smallest absolute Gasteiger partial charge is 0.381 e. The topological polar surface area (TPSA) is 61.9 Å². The number of ether oxygens (including phenoxy) is 1. The summed E-state index contributed by atoms with van der Waals surface area (Å²) in [6, 6.07) is -0.942. The molecule has 0 unspecified atom stereocenters. The number of halogens is 3. The molecule has 0 bridgehead atoms. The second-order valence-electron chi connectivity index (χ2n) is 6.37. The van der Waals surface area contributed by atoms with Gasteiger partial charge in [-0.1, -0.05) is 0 Å². The first-order chi connectivity index (χ1) is 11.3. The van der Waals surface area contributed by atoms with Crippen LogP contribution >= 0.6 is 0 Å². The van der Waals surface area contributed by atoms with E-state index in [-0.39, 0.29) is 43.9 Å². The zero-order valence-electron chi connectivity index (χ0n) is 13.8. The van der Waals surface area contributed by atoms with Crippen LogP contribution in [0.5, 0.6) is 0 Å². The van der Waals surface area contributed by atoms with Crippen molar-refractivity contribution in [3.63, 3.8) is 0 Å². The Bertz CT molecular complexity index is 445. The summed E-state index contributed by atoms with van der Waals surface area (Å²) < 4.78 is 42.4. The molecule has 0 spiro atoms. The lowest BCUT2D eigenvalue weighted by atomic mass is 9.89. The molecule has 0 aromatic carbocycles. The molecule has 2 aliphatic rings. The van der Waals surface area contributed by atoms with Gasteiger partial charge in [0, 0.05) is 39.4 Å². The van der Waals surface area contributed by atoms with Gasteiger partial charge in [-0.05, 0) is 25.7 Å². The molecule has 2 aliphatic heterocycles. The normalized spacial score (nSPS) is 22.2. The highest BCUT2D eigenvalue weighted by Crippen LogP contribution is 2.20. The molecule has 1 atom stereocenters. The fraction of sp³-hybridized carbons (Fsp3) is 0.867. The van der Waals surface area contributed by atoms with Crippen LogP contribution in [0.15, 0.2) is 0 Å². The number of rotatable bonds is 4. The summed E-state index contributed by atoms with van der Waals surface area (Å²) in [5.41, 5.74) is 0. The Morgan fingerprint density at radius 1 is 1.17 bits per heavy atom. The van der Waals surface area contributed by atoms with Crippen molar-refractivity contribution in [1.82, 2.24) is 15.1 Å². The summed E-state index contributed by atoms with van der Waals surface area (Å²) in [5, 5.41) is 2.76. The van der Waals surface area contributed by atoms with Crippen LogP contribution in [0.25, 0.3) is 0 Å². The van der Waals surface area contributed by atoms with Crippen molar-refractivity contribution in [2.45, 2.75) is 32.0 Å². The van der Waals surface area contributed by atoms with E-state index in [0.29, 0.717) is 26.1 Å². The molecule has 24 heavy (non-hydrogen) atoms. The second kappa shape index (κ2) is 8.15. The summed E-state index contributed by atoms with van der Waals surface area (Å²) in [5.74, 6) is -0.0577. The average molecular weight is 351 g/mol. The molecule has 1 N–H and O–H groups in total. The predicted octanol–water partition coefficient (Wildman–Crippen LogP) is 1.26. The largest absolute Gasteiger partial charge is 0.401 e. The molecule has 9 heteroatoms. The van der Waals surface area contributed by atoms with Gasteiger partial charge < -0.3 is 15.0 Å². The highest BCUT2D eigenvalue weighted by Gasteiger charge is 2.34. The first-order valence-corrected chi connectivity index (χ1v) is 8.19. The van der Waals surface area contributed by atoms with Crippen molar-refractivity contribution in [3.8, 4) is 0 Å². The number of carbonyl (C=O) groups is 2. The quantitative estimate of drug-likeness (QED) is 0.828. The van der Waals surface area contributed by atoms with Crippen molar-refractivity contribution in [1.29, 1.82) is 0 Å². The van der Waals surface area contributed by atoms with Crippen molar-refractivity contribution in [2.24, 2.45) is 5.92 Å². The summed E-state index contributed by atoms with van der Waals surface area (Å²) in [6.07, 6.45) is -2.80.